The minimum atomic E-state index is -1.14. The highest BCUT2D eigenvalue weighted by molar-refractivity contribution is 5.98. The Morgan fingerprint density at radius 3 is 2.71 bits per heavy atom. The van der Waals surface area contributed by atoms with Crippen molar-refractivity contribution in [2.45, 2.75) is 12.5 Å². The summed E-state index contributed by atoms with van der Waals surface area (Å²) in [4.78, 5) is 23.9. The number of aromatic nitrogens is 2. The second-order valence-electron chi connectivity index (χ2n) is 5.19. The predicted molar refractivity (Wildman–Crippen MR) is 82.0 cm³/mol. The number of aliphatic carboxylic acids is 1. The van der Waals surface area contributed by atoms with Gasteiger partial charge in [-0.25, -0.2) is 4.79 Å². The van der Waals surface area contributed by atoms with Crippen LogP contribution < -0.4 is 10.2 Å². The molecule has 0 unspecified atom stereocenters. The Labute approximate surface area is 135 Å². The van der Waals surface area contributed by atoms with Gasteiger partial charge in [0.15, 0.2) is 0 Å². The van der Waals surface area contributed by atoms with Crippen molar-refractivity contribution < 1.29 is 24.2 Å². The number of carboxylic acid groups (broad SMARTS) is 1. The number of carbonyl (C=O) groups excluding carboxylic acids is 1. The molecule has 1 aromatic heterocycles. The van der Waals surface area contributed by atoms with Crippen LogP contribution in [0.5, 0.6) is 0 Å². The second kappa shape index (κ2) is 6.37. The van der Waals surface area contributed by atoms with Crippen molar-refractivity contribution in [2.75, 3.05) is 0 Å². The molecule has 8 nitrogen and oxygen atoms in total. The number of carboxylic acids is 1. The van der Waals surface area contributed by atoms with Gasteiger partial charge in [-0.1, -0.05) is 30.3 Å². The van der Waals surface area contributed by atoms with E-state index in [0.717, 1.165) is 5.56 Å². The van der Waals surface area contributed by atoms with Crippen molar-refractivity contribution in [1.29, 1.82) is 0 Å². The maximum Gasteiger partial charge on any atom is 0.326 e. The predicted octanol–water partition coefficient (Wildman–Crippen LogP) is 0.887. The largest absolute Gasteiger partial charge is 0.480 e. The fraction of sp³-hybridized carbons (Fsp3) is 0.125. The number of hydrogen-bond donors (Lipinski definition) is 2. The molecule has 0 aliphatic heterocycles. The van der Waals surface area contributed by atoms with E-state index >= 15 is 0 Å². The van der Waals surface area contributed by atoms with Crippen molar-refractivity contribution in [2.24, 2.45) is 0 Å². The molecule has 0 aliphatic rings. The summed E-state index contributed by atoms with van der Waals surface area (Å²) in [5, 5.41) is 26.7. The third kappa shape index (κ3) is 3.17. The number of carbonyl (C=O) groups is 2. The zero-order valence-electron chi connectivity index (χ0n) is 12.4. The Kier molecular flexibility index (Phi) is 4.11. The first kappa shape index (κ1) is 15.5. The maximum atomic E-state index is 12.3. The van der Waals surface area contributed by atoms with Crippen LogP contribution in [0.15, 0.2) is 53.2 Å². The Morgan fingerprint density at radius 1 is 1.25 bits per heavy atom. The molecule has 0 aliphatic carbocycles. The molecule has 1 atom stereocenters. The van der Waals surface area contributed by atoms with Gasteiger partial charge in [0.1, 0.15) is 6.04 Å². The summed E-state index contributed by atoms with van der Waals surface area (Å²) in [5.74, 6) is -1.74. The maximum absolute atomic E-state index is 12.3. The number of fused-ring (bicyclic) bond motifs is 1. The van der Waals surface area contributed by atoms with Crippen molar-refractivity contribution >= 4 is 22.9 Å². The Hall–Kier alpha value is -3.42. The molecule has 3 aromatic rings. The van der Waals surface area contributed by atoms with Gasteiger partial charge in [0.25, 0.3) is 5.91 Å². The lowest BCUT2D eigenvalue weighted by Gasteiger charge is -2.14. The van der Waals surface area contributed by atoms with Crippen molar-refractivity contribution in [3.8, 4) is 0 Å². The number of benzene rings is 2. The van der Waals surface area contributed by atoms with Crippen molar-refractivity contribution in [3.63, 3.8) is 0 Å². The van der Waals surface area contributed by atoms with E-state index in [-0.39, 0.29) is 22.4 Å². The fourth-order valence-corrected chi connectivity index (χ4v) is 2.30. The molecule has 122 valence electrons. The first-order chi connectivity index (χ1) is 11.5. The smallest absolute Gasteiger partial charge is 0.326 e. The van der Waals surface area contributed by atoms with E-state index in [1.807, 2.05) is 6.07 Å². The number of amides is 1. The number of rotatable bonds is 5. The van der Waals surface area contributed by atoms with Crippen LogP contribution in [-0.4, -0.2) is 28.2 Å². The Morgan fingerprint density at radius 2 is 2.00 bits per heavy atom. The number of hydrogen-bond acceptors (Lipinski definition) is 5. The van der Waals surface area contributed by atoms with E-state index in [0.29, 0.717) is 5.52 Å². The molecule has 1 heterocycles. The van der Waals surface area contributed by atoms with Gasteiger partial charge in [-0.15, -0.1) is 0 Å². The van der Waals surface area contributed by atoms with Crippen LogP contribution in [0, 0.1) is 5.21 Å². The van der Waals surface area contributed by atoms with Gasteiger partial charge in [-0.3, -0.25) is 9.42 Å². The summed E-state index contributed by atoms with van der Waals surface area (Å²) < 4.78 is 4.43. The second-order valence-corrected chi connectivity index (χ2v) is 5.19. The highest BCUT2D eigenvalue weighted by Gasteiger charge is 2.22. The van der Waals surface area contributed by atoms with Gasteiger partial charge in [0.05, 0.1) is 0 Å². The van der Waals surface area contributed by atoms with Crippen LogP contribution in [-0.2, 0) is 11.2 Å². The molecule has 0 fully saturated rings. The lowest BCUT2D eigenvalue weighted by Crippen LogP contribution is -2.42. The third-order valence-corrected chi connectivity index (χ3v) is 3.53. The zero-order valence-corrected chi connectivity index (χ0v) is 12.4. The molecule has 24 heavy (non-hydrogen) atoms. The van der Waals surface area contributed by atoms with Gasteiger partial charge < -0.3 is 15.6 Å². The molecule has 0 bridgehead atoms. The average molecular weight is 327 g/mol. The molecule has 0 radical (unpaired) electrons. The normalized spacial score (nSPS) is 12.0. The van der Waals surface area contributed by atoms with Gasteiger partial charge in [0, 0.05) is 23.2 Å². The van der Waals surface area contributed by atoms with Crippen LogP contribution in [0.25, 0.3) is 11.0 Å². The monoisotopic (exact) mass is 327 g/mol. The highest BCUT2D eigenvalue weighted by Crippen LogP contribution is 2.11. The average Bonchev–Trinajstić information content (AvgIpc) is 2.95. The van der Waals surface area contributed by atoms with Crippen molar-refractivity contribution in [1.82, 2.24) is 10.5 Å². The SMILES string of the molecule is O=C(N[C@@H](Cc1ccccc1)C(=O)O)c1ccc2no[n+]([O-])c2c1. The summed E-state index contributed by atoms with van der Waals surface area (Å²) in [6, 6.07) is 12.1. The van der Waals surface area contributed by atoms with E-state index in [2.05, 4.69) is 15.1 Å². The van der Waals surface area contributed by atoms with Crippen molar-refractivity contribution in [3.05, 3.63) is 64.9 Å². The Bertz CT molecular complexity index is 891. The molecule has 2 N–H and O–H groups in total. The summed E-state index contributed by atoms with van der Waals surface area (Å²) >= 11 is 0. The topological polar surface area (TPSA) is 119 Å². The van der Waals surface area contributed by atoms with E-state index in [9.17, 15) is 19.9 Å². The first-order valence-corrected chi connectivity index (χ1v) is 7.11. The van der Waals surface area contributed by atoms with Crippen LogP contribution >= 0.6 is 0 Å². The lowest BCUT2D eigenvalue weighted by atomic mass is 10.1. The molecule has 0 saturated heterocycles. The van der Waals surface area contributed by atoms with E-state index in [4.69, 9.17) is 0 Å². The third-order valence-electron chi connectivity index (χ3n) is 3.53. The summed E-state index contributed by atoms with van der Waals surface area (Å²) in [6.45, 7) is 0. The molecule has 8 heteroatoms. The van der Waals surface area contributed by atoms with Crippen LogP contribution in [0.1, 0.15) is 15.9 Å². The molecule has 3 rings (SSSR count). The molecule has 2 aromatic carbocycles. The summed E-state index contributed by atoms with van der Waals surface area (Å²) in [7, 11) is 0. The van der Waals surface area contributed by atoms with E-state index in [1.165, 1.54) is 18.2 Å². The van der Waals surface area contributed by atoms with Gasteiger partial charge in [0.2, 0.25) is 11.0 Å². The summed E-state index contributed by atoms with van der Waals surface area (Å²) in [5.41, 5.74) is 1.34. The van der Waals surface area contributed by atoms with E-state index in [1.54, 1.807) is 24.3 Å². The highest BCUT2D eigenvalue weighted by atomic mass is 16.8. The number of nitrogens with one attached hydrogen (secondary N) is 1. The van der Waals surface area contributed by atoms with E-state index < -0.39 is 17.9 Å². The minimum Gasteiger partial charge on any atom is -0.480 e. The molecule has 0 spiro atoms. The minimum absolute atomic E-state index is 0.0950. The first-order valence-electron chi connectivity index (χ1n) is 7.11. The quantitative estimate of drug-likeness (QED) is 0.672. The molecule has 1 amide bonds. The van der Waals surface area contributed by atoms with Gasteiger partial charge in [-0.2, -0.15) is 0 Å². The lowest BCUT2D eigenvalue weighted by molar-refractivity contribution is -0.782. The van der Waals surface area contributed by atoms with Crippen LogP contribution in [0.2, 0.25) is 0 Å². The molecular formula is C16H13N3O5. The van der Waals surface area contributed by atoms with Crippen LogP contribution in [0.3, 0.4) is 0 Å². The summed E-state index contributed by atoms with van der Waals surface area (Å²) in [6.07, 6.45) is 0.152. The van der Waals surface area contributed by atoms with Gasteiger partial charge >= 0.3 is 5.97 Å². The van der Waals surface area contributed by atoms with Gasteiger partial charge in [-0.05, 0) is 22.6 Å². The standard InChI is InChI=1S/C16H13N3O5/c20-15(11-6-7-12-14(9-11)19(23)24-18-12)17-13(16(21)22)8-10-4-2-1-3-5-10/h1-7,9,13H,8H2,(H,17,20)(H,21,22)/t13-/m0/s1. The Balaban J connectivity index is 1.79. The number of nitrogens with zero attached hydrogens (tertiary/aromatic N) is 2. The fourth-order valence-electron chi connectivity index (χ4n) is 2.30. The van der Waals surface area contributed by atoms with Crippen LogP contribution in [0.4, 0.5) is 0 Å². The molecule has 0 saturated carbocycles. The molecular weight excluding hydrogens is 314 g/mol. The zero-order chi connectivity index (χ0) is 17.1.